The minimum absolute atomic E-state index is 0.454. The highest BCUT2D eigenvalue weighted by atomic mass is 16.3. The van der Waals surface area contributed by atoms with Gasteiger partial charge in [0.2, 0.25) is 0 Å². The molecule has 0 aliphatic carbocycles. The lowest BCUT2D eigenvalue weighted by atomic mass is 10.2. The molecule has 0 atom stereocenters. The molecule has 3 aromatic rings. The van der Waals surface area contributed by atoms with Crippen LogP contribution in [-0.4, -0.2) is 20.2 Å². The summed E-state index contributed by atoms with van der Waals surface area (Å²) in [6.07, 6.45) is 5.85. The Labute approximate surface area is 110 Å². The van der Waals surface area contributed by atoms with Crippen molar-refractivity contribution in [2.45, 2.75) is 19.3 Å². The van der Waals surface area contributed by atoms with Crippen LogP contribution in [0.2, 0.25) is 0 Å². The molecule has 0 aromatic carbocycles. The number of H-pyrrole nitrogens is 2. The Kier molecular flexibility index (Phi) is 3.06. The lowest BCUT2D eigenvalue weighted by molar-refractivity contribution is 0.519. The third-order valence-corrected chi connectivity index (χ3v) is 2.93. The first-order chi connectivity index (χ1) is 9.29. The van der Waals surface area contributed by atoms with Crippen molar-refractivity contribution in [3.63, 3.8) is 0 Å². The van der Waals surface area contributed by atoms with Gasteiger partial charge in [0.25, 0.3) is 0 Å². The molecule has 4 N–H and O–H groups in total. The molecule has 3 heterocycles. The number of aromatic amines is 2. The zero-order valence-corrected chi connectivity index (χ0v) is 10.4. The Balaban J connectivity index is 1.59. The van der Waals surface area contributed by atoms with Crippen LogP contribution in [0.4, 0.5) is 5.95 Å². The van der Waals surface area contributed by atoms with Crippen molar-refractivity contribution in [2.24, 2.45) is 0 Å². The number of anilines is 1. The summed E-state index contributed by atoms with van der Waals surface area (Å²) in [6.45, 7) is 0. The number of hydrogen-bond donors (Lipinski definition) is 3. The van der Waals surface area contributed by atoms with Gasteiger partial charge in [0.05, 0.1) is 18.2 Å². The van der Waals surface area contributed by atoms with E-state index in [2.05, 4.69) is 26.2 Å². The maximum Gasteiger partial charge on any atom is 0.197 e. The van der Waals surface area contributed by atoms with Gasteiger partial charge in [0, 0.05) is 17.8 Å². The van der Waals surface area contributed by atoms with Crippen LogP contribution in [-0.2, 0) is 19.3 Å². The van der Waals surface area contributed by atoms with E-state index in [1.165, 1.54) is 0 Å². The van der Waals surface area contributed by atoms with E-state index < -0.39 is 0 Å². The van der Waals surface area contributed by atoms with Crippen molar-refractivity contribution >= 4 is 5.95 Å². The molecule has 19 heavy (non-hydrogen) atoms. The molecule has 98 valence electrons. The van der Waals surface area contributed by atoms with E-state index in [0.29, 0.717) is 5.95 Å². The van der Waals surface area contributed by atoms with Crippen molar-refractivity contribution in [1.29, 1.82) is 0 Å². The Morgan fingerprint density at radius 1 is 1.26 bits per heavy atom. The number of furan rings is 1. The molecule has 0 saturated heterocycles. The number of nitrogens with zero attached hydrogens (tertiary/aromatic N) is 2. The molecule has 0 fully saturated rings. The summed E-state index contributed by atoms with van der Waals surface area (Å²) in [7, 11) is 0. The summed E-state index contributed by atoms with van der Waals surface area (Å²) < 4.78 is 5.30. The molecule has 0 amide bonds. The van der Waals surface area contributed by atoms with Crippen LogP contribution in [0.25, 0.3) is 0 Å². The summed E-state index contributed by atoms with van der Waals surface area (Å²) in [5.74, 6) is 1.38. The molecule has 6 heteroatoms. The molecular formula is C13H15N5O. The highest BCUT2D eigenvalue weighted by Crippen LogP contribution is 2.10. The second-order valence-electron chi connectivity index (χ2n) is 4.43. The van der Waals surface area contributed by atoms with Gasteiger partial charge in [-0.3, -0.25) is 5.10 Å². The van der Waals surface area contributed by atoms with Gasteiger partial charge in [-0.05, 0) is 31.0 Å². The van der Waals surface area contributed by atoms with Gasteiger partial charge >= 0.3 is 0 Å². The summed E-state index contributed by atoms with van der Waals surface area (Å²) in [5, 5.41) is 7.31. The van der Waals surface area contributed by atoms with Crippen molar-refractivity contribution in [3.8, 4) is 0 Å². The fourth-order valence-corrected chi connectivity index (χ4v) is 2.00. The lowest BCUT2D eigenvalue weighted by Gasteiger charge is -1.93. The smallest absolute Gasteiger partial charge is 0.197 e. The average Bonchev–Trinajstić information content (AvgIpc) is 3.10. The quantitative estimate of drug-likeness (QED) is 0.648. The van der Waals surface area contributed by atoms with Crippen molar-refractivity contribution in [3.05, 3.63) is 53.5 Å². The normalized spacial score (nSPS) is 10.9. The SMILES string of the molecule is Nc1ncc(CCc2cc(Cc3ccco3)[nH]n2)[nH]1. The summed E-state index contributed by atoms with van der Waals surface area (Å²) in [5.41, 5.74) is 8.62. The number of rotatable bonds is 5. The molecule has 6 nitrogen and oxygen atoms in total. The van der Waals surface area contributed by atoms with Crippen LogP contribution in [0.3, 0.4) is 0 Å². The highest BCUT2D eigenvalue weighted by Gasteiger charge is 2.05. The predicted octanol–water partition coefficient (Wildman–Crippen LogP) is 1.68. The van der Waals surface area contributed by atoms with Gasteiger partial charge in [0.1, 0.15) is 5.76 Å². The Bertz CT molecular complexity index is 638. The molecular weight excluding hydrogens is 242 g/mol. The largest absolute Gasteiger partial charge is 0.469 e. The predicted molar refractivity (Wildman–Crippen MR) is 70.5 cm³/mol. The summed E-state index contributed by atoms with van der Waals surface area (Å²) in [6, 6.07) is 5.89. The molecule has 0 saturated carbocycles. The number of nitrogen functional groups attached to an aromatic ring is 1. The number of aryl methyl sites for hydroxylation is 2. The fourth-order valence-electron chi connectivity index (χ4n) is 2.00. The molecule has 3 aromatic heterocycles. The topological polar surface area (TPSA) is 96.5 Å². The number of hydrogen-bond acceptors (Lipinski definition) is 4. The molecule has 3 rings (SSSR count). The summed E-state index contributed by atoms with van der Waals surface area (Å²) >= 11 is 0. The monoisotopic (exact) mass is 257 g/mol. The van der Waals surface area contributed by atoms with Gasteiger partial charge in [-0.15, -0.1) is 0 Å². The first-order valence-electron chi connectivity index (χ1n) is 6.14. The highest BCUT2D eigenvalue weighted by molar-refractivity contribution is 5.20. The first kappa shape index (κ1) is 11.6. The Morgan fingerprint density at radius 2 is 2.21 bits per heavy atom. The lowest BCUT2D eigenvalue weighted by Crippen LogP contribution is -1.92. The molecule has 0 aliphatic rings. The fraction of sp³-hybridized carbons (Fsp3) is 0.231. The number of aromatic nitrogens is 4. The minimum Gasteiger partial charge on any atom is -0.469 e. The second-order valence-corrected chi connectivity index (χ2v) is 4.43. The van der Waals surface area contributed by atoms with E-state index in [4.69, 9.17) is 10.2 Å². The van der Waals surface area contributed by atoms with Crippen LogP contribution in [0.15, 0.2) is 35.1 Å². The van der Waals surface area contributed by atoms with Crippen LogP contribution in [0.1, 0.15) is 22.8 Å². The van der Waals surface area contributed by atoms with E-state index in [-0.39, 0.29) is 0 Å². The van der Waals surface area contributed by atoms with Gasteiger partial charge in [-0.1, -0.05) is 0 Å². The molecule has 0 radical (unpaired) electrons. The Hall–Kier alpha value is -2.50. The Morgan fingerprint density at radius 3 is 2.95 bits per heavy atom. The second kappa shape index (κ2) is 5.01. The standard InChI is InChI=1S/C13H15N5O/c14-13-15-8-10(16-13)4-3-9-6-11(18-17-9)7-12-2-1-5-19-12/h1-2,5-6,8H,3-4,7H2,(H,17,18)(H3,14,15,16). The van der Waals surface area contributed by atoms with Crippen molar-refractivity contribution in [2.75, 3.05) is 5.73 Å². The number of imidazole rings is 1. The van der Waals surface area contributed by atoms with Crippen LogP contribution >= 0.6 is 0 Å². The van der Waals surface area contributed by atoms with Gasteiger partial charge in [-0.2, -0.15) is 5.10 Å². The number of nitrogens with one attached hydrogen (secondary N) is 2. The van der Waals surface area contributed by atoms with E-state index in [0.717, 1.165) is 42.1 Å². The maximum atomic E-state index is 5.53. The zero-order valence-electron chi connectivity index (χ0n) is 10.4. The van der Waals surface area contributed by atoms with Crippen molar-refractivity contribution in [1.82, 2.24) is 20.2 Å². The van der Waals surface area contributed by atoms with Crippen LogP contribution in [0, 0.1) is 0 Å². The molecule has 0 unspecified atom stereocenters. The van der Waals surface area contributed by atoms with E-state index in [9.17, 15) is 0 Å². The molecule has 0 aliphatic heterocycles. The number of nitrogens with two attached hydrogens (primary N) is 1. The van der Waals surface area contributed by atoms with Gasteiger partial charge < -0.3 is 15.1 Å². The molecule has 0 spiro atoms. The first-order valence-corrected chi connectivity index (χ1v) is 6.14. The summed E-state index contributed by atoms with van der Waals surface area (Å²) in [4.78, 5) is 6.97. The van der Waals surface area contributed by atoms with Gasteiger partial charge in [0.15, 0.2) is 5.95 Å². The van der Waals surface area contributed by atoms with E-state index in [1.54, 1.807) is 12.5 Å². The maximum absolute atomic E-state index is 5.53. The third kappa shape index (κ3) is 2.85. The van der Waals surface area contributed by atoms with E-state index >= 15 is 0 Å². The third-order valence-electron chi connectivity index (χ3n) is 2.93. The van der Waals surface area contributed by atoms with Crippen molar-refractivity contribution < 1.29 is 4.42 Å². The average molecular weight is 257 g/mol. The minimum atomic E-state index is 0.454. The van der Waals surface area contributed by atoms with Crippen LogP contribution < -0.4 is 5.73 Å². The van der Waals surface area contributed by atoms with Gasteiger partial charge in [-0.25, -0.2) is 4.98 Å². The zero-order chi connectivity index (χ0) is 13.1. The molecule has 0 bridgehead atoms. The van der Waals surface area contributed by atoms with Crippen LogP contribution in [0.5, 0.6) is 0 Å². The van der Waals surface area contributed by atoms with E-state index in [1.807, 2.05) is 12.1 Å².